The quantitative estimate of drug-likeness (QED) is 0.681. The highest BCUT2D eigenvalue weighted by molar-refractivity contribution is 5.96. The van der Waals surface area contributed by atoms with E-state index in [9.17, 15) is 9.59 Å². The second kappa shape index (κ2) is 7.26. The van der Waals surface area contributed by atoms with Crippen molar-refractivity contribution in [2.45, 2.75) is 32.6 Å². The van der Waals surface area contributed by atoms with Gasteiger partial charge in [0.25, 0.3) is 5.91 Å². The van der Waals surface area contributed by atoms with E-state index < -0.39 is 5.97 Å². The number of amides is 1. The number of carboxylic acids is 1. The number of nitrogens with one attached hydrogen (secondary N) is 1. The minimum absolute atomic E-state index is 0.0446. The van der Waals surface area contributed by atoms with Crippen LogP contribution in [0.15, 0.2) is 10.5 Å². The minimum Gasteiger partial charge on any atom is -0.478 e. The number of ether oxygens (including phenoxy) is 1. The minimum atomic E-state index is -1.08. The Bertz CT molecular complexity index is 504. The average Bonchev–Trinajstić information content (AvgIpc) is 3.17. The molecule has 1 aromatic rings. The molecule has 0 bridgehead atoms. The molecule has 1 aliphatic rings. The fraction of sp³-hybridized carbons (Fsp3) is 0.600. The van der Waals surface area contributed by atoms with Crippen LogP contribution in [0.4, 0.5) is 0 Å². The van der Waals surface area contributed by atoms with Gasteiger partial charge in [-0.25, -0.2) is 4.79 Å². The molecule has 0 saturated heterocycles. The van der Waals surface area contributed by atoms with Crippen molar-refractivity contribution in [3.05, 3.63) is 23.2 Å². The summed E-state index contributed by atoms with van der Waals surface area (Å²) < 4.78 is 10.7. The molecule has 1 aromatic heterocycles. The van der Waals surface area contributed by atoms with Gasteiger partial charge in [0.05, 0.1) is 0 Å². The maximum absolute atomic E-state index is 11.9. The standard InChI is InChI=1S/C15H21NO5/c1-2-12-11(15(18)19)8-13(21-12)14(17)16-6-3-7-20-9-10-4-5-10/h8,10H,2-7,9H2,1H3,(H,16,17)(H,18,19). The Labute approximate surface area is 123 Å². The lowest BCUT2D eigenvalue weighted by Gasteiger charge is -2.04. The third kappa shape index (κ3) is 4.60. The van der Waals surface area contributed by atoms with Gasteiger partial charge >= 0.3 is 5.97 Å². The molecule has 6 heteroatoms. The van der Waals surface area contributed by atoms with Crippen LogP contribution in [0.5, 0.6) is 0 Å². The first-order valence-electron chi connectivity index (χ1n) is 7.33. The molecule has 1 amide bonds. The summed E-state index contributed by atoms with van der Waals surface area (Å²) >= 11 is 0. The summed E-state index contributed by atoms with van der Waals surface area (Å²) in [5.74, 6) is -0.365. The molecule has 0 aliphatic heterocycles. The molecule has 1 aliphatic carbocycles. The number of carbonyl (C=O) groups excluding carboxylic acids is 1. The number of carbonyl (C=O) groups is 2. The first-order valence-corrected chi connectivity index (χ1v) is 7.33. The predicted octanol–water partition coefficient (Wildman–Crippen LogP) is 2.09. The van der Waals surface area contributed by atoms with Crippen LogP contribution in [0.2, 0.25) is 0 Å². The van der Waals surface area contributed by atoms with Gasteiger partial charge in [-0.3, -0.25) is 4.79 Å². The monoisotopic (exact) mass is 295 g/mol. The third-order valence-corrected chi connectivity index (χ3v) is 3.39. The normalized spacial score (nSPS) is 14.1. The second-order valence-corrected chi connectivity index (χ2v) is 5.23. The highest BCUT2D eigenvalue weighted by atomic mass is 16.5. The Hall–Kier alpha value is -1.82. The molecule has 0 radical (unpaired) electrons. The number of aromatic carboxylic acids is 1. The van der Waals surface area contributed by atoms with Crippen molar-refractivity contribution in [2.24, 2.45) is 5.92 Å². The lowest BCUT2D eigenvalue weighted by Crippen LogP contribution is -2.25. The molecular formula is C15H21NO5. The Kier molecular flexibility index (Phi) is 5.38. The molecule has 1 fully saturated rings. The fourth-order valence-electron chi connectivity index (χ4n) is 1.98. The number of furan rings is 1. The molecule has 6 nitrogen and oxygen atoms in total. The van der Waals surface area contributed by atoms with Gasteiger partial charge in [0.2, 0.25) is 0 Å². The number of hydrogen-bond donors (Lipinski definition) is 2. The van der Waals surface area contributed by atoms with Gasteiger partial charge < -0.3 is 19.6 Å². The third-order valence-electron chi connectivity index (χ3n) is 3.39. The summed E-state index contributed by atoms with van der Waals surface area (Å²) in [5, 5.41) is 11.7. The van der Waals surface area contributed by atoms with Crippen molar-refractivity contribution in [2.75, 3.05) is 19.8 Å². The summed E-state index contributed by atoms with van der Waals surface area (Å²) in [7, 11) is 0. The van der Waals surface area contributed by atoms with E-state index in [1.807, 2.05) is 0 Å². The lowest BCUT2D eigenvalue weighted by atomic mass is 10.2. The van der Waals surface area contributed by atoms with Crippen LogP contribution < -0.4 is 5.32 Å². The average molecular weight is 295 g/mol. The maximum atomic E-state index is 11.9. The topological polar surface area (TPSA) is 88.8 Å². The van der Waals surface area contributed by atoms with E-state index in [0.29, 0.717) is 25.3 Å². The van der Waals surface area contributed by atoms with E-state index in [4.69, 9.17) is 14.3 Å². The van der Waals surface area contributed by atoms with Gasteiger partial charge in [-0.2, -0.15) is 0 Å². The first kappa shape index (κ1) is 15.6. The van der Waals surface area contributed by atoms with Gasteiger partial charge in [-0.15, -0.1) is 0 Å². The van der Waals surface area contributed by atoms with E-state index >= 15 is 0 Å². The summed E-state index contributed by atoms with van der Waals surface area (Å²) in [4.78, 5) is 22.9. The molecule has 1 saturated carbocycles. The van der Waals surface area contributed by atoms with Crippen LogP contribution >= 0.6 is 0 Å². The van der Waals surface area contributed by atoms with E-state index in [1.54, 1.807) is 6.92 Å². The molecule has 0 unspecified atom stereocenters. The van der Waals surface area contributed by atoms with E-state index in [-0.39, 0.29) is 17.2 Å². The van der Waals surface area contributed by atoms with Crippen molar-refractivity contribution in [3.63, 3.8) is 0 Å². The van der Waals surface area contributed by atoms with Gasteiger partial charge in [-0.1, -0.05) is 6.92 Å². The molecule has 2 N–H and O–H groups in total. The molecule has 21 heavy (non-hydrogen) atoms. The maximum Gasteiger partial charge on any atom is 0.339 e. The zero-order chi connectivity index (χ0) is 15.2. The Morgan fingerprint density at radius 2 is 2.24 bits per heavy atom. The molecule has 0 aromatic carbocycles. The zero-order valence-corrected chi connectivity index (χ0v) is 12.2. The Balaban J connectivity index is 1.73. The van der Waals surface area contributed by atoms with Crippen LogP contribution in [0.25, 0.3) is 0 Å². The molecular weight excluding hydrogens is 274 g/mol. The molecule has 0 spiro atoms. The largest absolute Gasteiger partial charge is 0.478 e. The van der Waals surface area contributed by atoms with E-state index in [2.05, 4.69) is 5.32 Å². The van der Waals surface area contributed by atoms with Crippen molar-refractivity contribution >= 4 is 11.9 Å². The van der Waals surface area contributed by atoms with Crippen LogP contribution in [-0.2, 0) is 11.2 Å². The molecule has 0 atom stereocenters. The smallest absolute Gasteiger partial charge is 0.339 e. The van der Waals surface area contributed by atoms with Crippen molar-refractivity contribution < 1.29 is 23.8 Å². The zero-order valence-electron chi connectivity index (χ0n) is 12.2. The second-order valence-electron chi connectivity index (χ2n) is 5.23. The molecule has 2 rings (SSSR count). The highest BCUT2D eigenvalue weighted by Gasteiger charge is 2.21. The molecule has 116 valence electrons. The van der Waals surface area contributed by atoms with Crippen LogP contribution in [-0.4, -0.2) is 36.7 Å². The van der Waals surface area contributed by atoms with E-state index in [1.165, 1.54) is 18.9 Å². The first-order chi connectivity index (χ1) is 10.1. The van der Waals surface area contributed by atoms with Crippen LogP contribution in [0, 0.1) is 5.92 Å². The van der Waals surface area contributed by atoms with Crippen molar-refractivity contribution in [1.29, 1.82) is 0 Å². The number of aryl methyl sites for hydroxylation is 1. The summed E-state index contributed by atoms with van der Waals surface area (Å²) in [5.41, 5.74) is 0.0513. The number of hydrogen-bond acceptors (Lipinski definition) is 4. The predicted molar refractivity (Wildman–Crippen MR) is 75.5 cm³/mol. The van der Waals surface area contributed by atoms with Crippen molar-refractivity contribution in [3.8, 4) is 0 Å². The van der Waals surface area contributed by atoms with Gasteiger partial charge in [0, 0.05) is 32.2 Å². The summed E-state index contributed by atoms with van der Waals surface area (Å²) in [6.45, 7) is 3.70. The fourth-order valence-corrected chi connectivity index (χ4v) is 1.98. The lowest BCUT2D eigenvalue weighted by molar-refractivity contribution is 0.0694. The van der Waals surface area contributed by atoms with Crippen LogP contribution in [0.1, 0.15) is 52.9 Å². The summed E-state index contributed by atoms with van der Waals surface area (Å²) in [6.07, 6.45) is 3.69. The highest BCUT2D eigenvalue weighted by Crippen LogP contribution is 2.28. The number of rotatable bonds is 9. The molecule has 1 heterocycles. The SMILES string of the molecule is CCc1oc(C(=O)NCCCOCC2CC2)cc1C(=O)O. The Morgan fingerprint density at radius 1 is 1.48 bits per heavy atom. The van der Waals surface area contributed by atoms with E-state index in [0.717, 1.165) is 18.9 Å². The number of carboxylic acid groups (broad SMARTS) is 1. The van der Waals surface area contributed by atoms with Gasteiger partial charge in [0.15, 0.2) is 5.76 Å². The van der Waals surface area contributed by atoms with Crippen molar-refractivity contribution in [1.82, 2.24) is 5.32 Å². The van der Waals surface area contributed by atoms with Gasteiger partial charge in [0.1, 0.15) is 11.3 Å². The van der Waals surface area contributed by atoms with Crippen LogP contribution in [0.3, 0.4) is 0 Å². The summed E-state index contributed by atoms with van der Waals surface area (Å²) in [6, 6.07) is 1.28. The van der Waals surface area contributed by atoms with Gasteiger partial charge in [-0.05, 0) is 25.2 Å². The Morgan fingerprint density at radius 3 is 2.81 bits per heavy atom.